The van der Waals surface area contributed by atoms with Gasteiger partial charge in [0, 0.05) is 43.7 Å². The fourth-order valence-electron chi connectivity index (χ4n) is 4.36. The Morgan fingerprint density at radius 1 is 1.26 bits per heavy atom. The van der Waals surface area contributed by atoms with Gasteiger partial charge in [-0.2, -0.15) is 0 Å². The number of carbonyl (C=O) groups is 1. The molecule has 1 aliphatic carbocycles. The Bertz CT molecular complexity index is 1450. The van der Waals surface area contributed by atoms with Crippen molar-refractivity contribution >= 4 is 46.5 Å². The Hall–Kier alpha value is -3.47. The summed E-state index contributed by atoms with van der Waals surface area (Å²) in [5.41, 5.74) is 3.29. The van der Waals surface area contributed by atoms with E-state index in [2.05, 4.69) is 15.6 Å². The number of allylic oxidation sites excluding steroid dienone is 1. The molecule has 1 amide bonds. The maximum absolute atomic E-state index is 15.9. The summed E-state index contributed by atoms with van der Waals surface area (Å²) in [6.07, 6.45) is 8.69. The normalized spacial score (nSPS) is 13.6. The summed E-state index contributed by atoms with van der Waals surface area (Å²) >= 11 is 5.06. The number of anilines is 1. The fraction of sp³-hybridized carbons (Fsp3) is 0.355. The number of amidine groups is 1. The highest BCUT2D eigenvalue weighted by molar-refractivity contribution is 7.90. The van der Waals surface area contributed by atoms with E-state index < -0.39 is 17.0 Å². The number of carbonyl (C=O) groups excluding carboxylic acids is 1. The van der Waals surface area contributed by atoms with Crippen molar-refractivity contribution in [2.24, 2.45) is 4.99 Å². The summed E-state index contributed by atoms with van der Waals surface area (Å²) < 4.78 is 28.6. The molecule has 2 N–H and O–H groups in total. The molecule has 0 bridgehead atoms. The van der Waals surface area contributed by atoms with Gasteiger partial charge in [0.05, 0.1) is 16.3 Å². The summed E-state index contributed by atoms with van der Waals surface area (Å²) in [5.74, 6) is 0.102. The van der Waals surface area contributed by atoms with Crippen LogP contribution in [0.1, 0.15) is 57.2 Å². The first-order valence-electron chi connectivity index (χ1n) is 14.0. The SMILES string of the molecule is CCCN(C=O)CCN/C(=N/c1c([S+](C)[O-])ccnc1C(C)C)c1cc(F)c(-c2ccccc2Cl)nc1NC=C1CC1. The zero-order chi connectivity index (χ0) is 30.2. The van der Waals surface area contributed by atoms with E-state index in [-0.39, 0.29) is 11.6 Å². The number of hydrogen-bond acceptors (Lipinski definition) is 6. The van der Waals surface area contributed by atoms with Crippen LogP contribution >= 0.6 is 11.6 Å². The van der Waals surface area contributed by atoms with Crippen molar-refractivity contribution in [1.82, 2.24) is 20.2 Å². The molecule has 8 nitrogen and oxygen atoms in total. The second-order valence-electron chi connectivity index (χ2n) is 10.3. The zero-order valence-electron chi connectivity index (χ0n) is 24.3. The van der Waals surface area contributed by atoms with Crippen LogP contribution in [0.25, 0.3) is 11.3 Å². The number of rotatable bonds is 13. The number of aliphatic imine (C=N–C) groups is 1. The van der Waals surface area contributed by atoms with Gasteiger partial charge in [0.1, 0.15) is 35.1 Å². The summed E-state index contributed by atoms with van der Waals surface area (Å²) in [5, 5.41) is 6.95. The zero-order valence-corrected chi connectivity index (χ0v) is 25.9. The Labute approximate surface area is 254 Å². The van der Waals surface area contributed by atoms with Gasteiger partial charge in [-0.1, -0.05) is 56.1 Å². The van der Waals surface area contributed by atoms with E-state index in [0.29, 0.717) is 63.7 Å². The maximum Gasteiger partial charge on any atom is 0.209 e. The van der Waals surface area contributed by atoms with Crippen LogP contribution in [-0.2, 0) is 16.0 Å². The summed E-state index contributed by atoms with van der Waals surface area (Å²) in [6, 6.07) is 10.0. The molecule has 0 saturated heterocycles. The smallest absolute Gasteiger partial charge is 0.209 e. The first-order chi connectivity index (χ1) is 20.2. The number of hydrogen-bond donors (Lipinski definition) is 2. The van der Waals surface area contributed by atoms with Gasteiger partial charge in [-0.3, -0.25) is 9.78 Å². The molecule has 0 aliphatic heterocycles. The minimum absolute atomic E-state index is 0.0155. The minimum atomic E-state index is -1.36. The standard InChI is InChI=1S/C31H36ClFN6O2S/c1-5-15-39(19-40)16-14-35-30(38-29-26(42(4)41)12-13-34-27(29)20(2)3)23-17-25(33)28(22-8-6-7-9-24(22)32)37-31(23)36-18-21-10-11-21/h6-9,12-13,17-20H,5,10-11,14-16H2,1-4H3,(H,35,38)(H,36,37). The van der Waals surface area contributed by atoms with Gasteiger partial charge in [0.25, 0.3) is 0 Å². The van der Waals surface area contributed by atoms with Crippen molar-refractivity contribution in [3.05, 3.63) is 76.5 Å². The molecule has 1 unspecified atom stereocenters. The highest BCUT2D eigenvalue weighted by Crippen LogP contribution is 2.35. The van der Waals surface area contributed by atoms with Crippen molar-refractivity contribution in [1.29, 1.82) is 0 Å². The highest BCUT2D eigenvalue weighted by Gasteiger charge is 2.23. The summed E-state index contributed by atoms with van der Waals surface area (Å²) in [4.78, 5) is 27.9. The lowest BCUT2D eigenvalue weighted by molar-refractivity contribution is -0.118. The lowest BCUT2D eigenvalue weighted by Gasteiger charge is -2.20. The predicted molar refractivity (Wildman–Crippen MR) is 168 cm³/mol. The van der Waals surface area contributed by atoms with Gasteiger partial charge in [-0.25, -0.2) is 14.4 Å². The molecular formula is C31H36ClFN6O2S. The monoisotopic (exact) mass is 610 g/mol. The van der Waals surface area contributed by atoms with Crippen molar-refractivity contribution in [3.8, 4) is 11.3 Å². The highest BCUT2D eigenvalue weighted by atomic mass is 35.5. The fourth-order valence-corrected chi connectivity index (χ4v) is 5.26. The maximum atomic E-state index is 15.9. The molecule has 0 radical (unpaired) electrons. The Morgan fingerprint density at radius 2 is 2.02 bits per heavy atom. The molecule has 1 saturated carbocycles. The minimum Gasteiger partial charge on any atom is -0.612 e. The largest absolute Gasteiger partial charge is 0.612 e. The second kappa shape index (κ2) is 14.6. The van der Waals surface area contributed by atoms with Crippen molar-refractivity contribution in [2.45, 2.75) is 50.8 Å². The number of nitrogens with zero attached hydrogens (tertiary/aromatic N) is 4. The average Bonchev–Trinajstić information content (AvgIpc) is 3.80. The van der Waals surface area contributed by atoms with E-state index >= 15 is 4.39 Å². The number of nitrogens with one attached hydrogen (secondary N) is 2. The van der Waals surface area contributed by atoms with E-state index in [1.54, 1.807) is 47.7 Å². The molecule has 11 heteroatoms. The molecule has 3 aromatic rings. The van der Waals surface area contributed by atoms with Crippen LogP contribution in [0, 0.1) is 5.82 Å². The number of amides is 1. The molecule has 1 fully saturated rings. The Balaban J connectivity index is 1.89. The van der Waals surface area contributed by atoms with Gasteiger partial charge in [-0.15, -0.1) is 0 Å². The van der Waals surface area contributed by atoms with Crippen LogP contribution in [0.15, 0.2) is 64.3 Å². The first-order valence-corrected chi connectivity index (χ1v) is 15.9. The van der Waals surface area contributed by atoms with E-state index in [1.165, 1.54) is 11.6 Å². The van der Waals surface area contributed by atoms with Crippen LogP contribution in [0.2, 0.25) is 5.02 Å². The second-order valence-corrected chi connectivity index (χ2v) is 12.1. The Kier molecular flexibility index (Phi) is 11.0. The van der Waals surface area contributed by atoms with Gasteiger partial charge in [0.15, 0.2) is 4.90 Å². The third-order valence-corrected chi connectivity index (χ3v) is 7.94. The van der Waals surface area contributed by atoms with E-state index in [9.17, 15) is 9.35 Å². The topological polar surface area (TPSA) is 106 Å². The third kappa shape index (κ3) is 7.87. The molecule has 1 atom stereocenters. The van der Waals surface area contributed by atoms with Crippen LogP contribution in [0.5, 0.6) is 0 Å². The van der Waals surface area contributed by atoms with Gasteiger partial charge >= 0.3 is 0 Å². The molecule has 0 spiro atoms. The molecule has 222 valence electrons. The van der Waals surface area contributed by atoms with E-state index in [1.807, 2.05) is 27.0 Å². The Morgan fingerprint density at radius 3 is 2.67 bits per heavy atom. The predicted octanol–water partition coefficient (Wildman–Crippen LogP) is 6.42. The molecule has 42 heavy (non-hydrogen) atoms. The van der Waals surface area contributed by atoms with Crippen molar-refractivity contribution < 1.29 is 13.7 Å². The average molecular weight is 611 g/mol. The van der Waals surface area contributed by atoms with Crippen LogP contribution < -0.4 is 10.6 Å². The van der Waals surface area contributed by atoms with E-state index in [4.69, 9.17) is 21.6 Å². The van der Waals surface area contributed by atoms with Crippen molar-refractivity contribution in [2.75, 3.05) is 31.2 Å². The number of benzene rings is 1. The van der Waals surface area contributed by atoms with Crippen LogP contribution in [-0.4, -0.2) is 57.6 Å². The number of aromatic nitrogens is 2. The number of pyridine rings is 2. The summed E-state index contributed by atoms with van der Waals surface area (Å²) in [7, 11) is 0. The van der Waals surface area contributed by atoms with Crippen LogP contribution in [0.3, 0.4) is 0 Å². The quantitative estimate of drug-likeness (QED) is 0.100. The lowest BCUT2D eigenvalue weighted by Crippen LogP contribution is -2.35. The van der Waals surface area contributed by atoms with E-state index in [0.717, 1.165) is 25.7 Å². The third-order valence-electron chi connectivity index (χ3n) is 6.66. The van der Waals surface area contributed by atoms with Gasteiger partial charge < -0.3 is 20.1 Å². The van der Waals surface area contributed by atoms with Gasteiger partial charge in [-0.05, 0) is 48.5 Å². The molecule has 1 aliphatic rings. The molecule has 1 aromatic carbocycles. The van der Waals surface area contributed by atoms with Gasteiger partial charge in [0.2, 0.25) is 6.41 Å². The number of halogens is 2. The lowest BCUT2D eigenvalue weighted by atomic mass is 10.1. The van der Waals surface area contributed by atoms with Crippen molar-refractivity contribution in [3.63, 3.8) is 0 Å². The first kappa shape index (κ1) is 31.5. The molecule has 4 rings (SSSR count). The molecule has 2 heterocycles. The molecular weight excluding hydrogens is 575 g/mol. The summed E-state index contributed by atoms with van der Waals surface area (Å²) in [6.45, 7) is 7.33. The van der Waals surface area contributed by atoms with Crippen LogP contribution in [0.4, 0.5) is 15.9 Å². The molecule has 2 aromatic heterocycles.